The van der Waals surface area contributed by atoms with Crippen LogP contribution < -0.4 is 0 Å². The summed E-state index contributed by atoms with van der Waals surface area (Å²) in [6, 6.07) is 0. The van der Waals surface area contributed by atoms with Crippen molar-refractivity contribution < 1.29 is 0 Å². The zero-order valence-electron chi connectivity index (χ0n) is 6.70. The number of halogens is 6. The Bertz CT molecular complexity index is 118. The second kappa shape index (κ2) is 8.46. The fourth-order valence-corrected chi connectivity index (χ4v) is 4.04. The van der Waals surface area contributed by atoms with Gasteiger partial charge in [0.1, 0.15) is 0 Å². The minimum Gasteiger partial charge on any atom is -0.123 e. The van der Waals surface area contributed by atoms with Crippen molar-refractivity contribution in [1.82, 2.24) is 0 Å². The van der Waals surface area contributed by atoms with Crippen LogP contribution in [0.25, 0.3) is 0 Å². The van der Waals surface area contributed by atoms with Gasteiger partial charge in [0, 0.05) is 10.8 Å². The van der Waals surface area contributed by atoms with Crippen molar-refractivity contribution in [2.24, 2.45) is 0 Å². The van der Waals surface area contributed by atoms with Gasteiger partial charge in [-0.25, -0.2) is 0 Å². The summed E-state index contributed by atoms with van der Waals surface area (Å²) in [4.78, 5) is 0. The van der Waals surface area contributed by atoms with Gasteiger partial charge in [-0.1, -0.05) is 47.8 Å². The minimum atomic E-state index is -0.0670. The number of alkyl halides is 6. The third kappa shape index (κ3) is 10.6. The van der Waals surface area contributed by atoms with Crippen molar-refractivity contribution >= 4 is 82.6 Å². The van der Waals surface area contributed by atoms with Crippen LogP contribution in [0.15, 0.2) is 0 Å². The first kappa shape index (κ1) is 15.3. The van der Waals surface area contributed by atoms with Crippen molar-refractivity contribution in [3.8, 4) is 0 Å². The molecule has 0 radical (unpaired) electrons. The van der Waals surface area contributed by atoms with Gasteiger partial charge in [-0.05, 0) is 19.3 Å². The summed E-state index contributed by atoms with van der Waals surface area (Å²) in [6.07, 6.45) is 2.34. The van der Waals surface area contributed by atoms with Crippen LogP contribution in [0.4, 0.5) is 0 Å². The van der Waals surface area contributed by atoms with E-state index in [4.69, 9.17) is 34.8 Å². The fourth-order valence-electron chi connectivity index (χ4n) is 0.857. The lowest BCUT2D eigenvalue weighted by Gasteiger charge is -2.14. The van der Waals surface area contributed by atoms with Crippen LogP contribution in [-0.4, -0.2) is 18.8 Å². The minimum absolute atomic E-state index is 0.0307. The van der Waals surface area contributed by atoms with Crippen molar-refractivity contribution in [3.63, 3.8) is 0 Å². The van der Waals surface area contributed by atoms with Gasteiger partial charge in [0.15, 0.2) is 0 Å². The van der Waals surface area contributed by atoms with Crippen molar-refractivity contribution in [2.75, 3.05) is 0 Å². The van der Waals surface area contributed by atoms with E-state index in [-0.39, 0.29) is 18.8 Å². The molecule has 0 saturated heterocycles. The van der Waals surface area contributed by atoms with E-state index in [0.29, 0.717) is 0 Å². The molecule has 0 nitrogen and oxygen atoms in total. The van der Waals surface area contributed by atoms with Crippen LogP contribution in [0.3, 0.4) is 0 Å². The molecule has 0 aromatic carbocycles. The van der Waals surface area contributed by atoms with Gasteiger partial charge in [-0.3, -0.25) is 0 Å². The lowest BCUT2D eigenvalue weighted by molar-refractivity contribution is 0.667. The predicted molar refractivity (Wildman–Crippen MR) is 73.3 cm³/mol. The summed E-state index contributed by atoms with van der Waals surface area (Å²) in [6.45, 7) is 0. The van der Waals surface area contributed by atoms with Gasteiger partial charge in [0.05, 0.1) is 8.02 Å². The molecule has 13 heavy (non-hydrogen) atoms. The molecule has 0 rings (SSSR count). The van der Waals surface area contributed by atoms with Gasteiger partial charge >= 0.3 is 0 Å². The molecule has 80 valence electrons. The van der Waals surface area contributed by atoms with Crippen LogP contribution in [0, 0.1) is 0 Å². The Balaban J connectivity index is 3.58. The largest absolute Gasteiger partial charge is 0.123 e. The van der Waals surface area contributed by atoms with Gasteiger partial charge < -0.3 is 0 Å². The van der Waals surface area contributed by atoms with Crippen LogP contribution in [0.5, 0.6) is 0 Å². The first-order valence-electron chi connectivity index (χ1n) is 3.76. The lowest BCUT2D eigenvalue weighted by atomic mass is 10.1. The Kier molecular flexibility index (Phi) is 9.96. The highest BCUT2D eigenvalue weighted by molar-refractivity contribution is 9.24. The van der Waals surface area contributed by atoms with E-state index in [1.807, 2.05) is 0 Å². The quantitative estimate of drug-likeness (QED) is 0.483. The van der Waals surface area contributed by atoms with Crippen molar-refractivity contribution in [1.29, 1.82) is 0 Å². The second-order valence-corrected chi connectivity index (χ2v) is 9.52. The molecule has 0 spiro atoms. The van der Waals surface area contributed by atoms with Crippen molar-refractivity contribution in [3.05, 3.63) is 0 Å². The maximum atomic E-state index is 6.05. The lowest BCUT2D eigenvalue weighted by Crippen LogP contribution is -2.12. The Hall–Kier alpha value is 2.31. The van der Waals surface area contributed by atoms with Crippen LogP contribution in [-0.2, 0) is 0 Å². The molecule has 0 amide bonds. The summed E-state index contributed by atoms with van der Waals surface area (Å²) in [5.74, 6) is 0. The molecule has 0 aliphatic heterocycles. The summed E-state index contributed by atoms with van der Waals surface area (Å²) in [5, 5.41) is 0.109. The molecule has 0 bridgehead atoms. The van der Waals surface area contributed by atoms with Gasteiger partial charge in [0.2, 0.25) is 0 Å². The number of rotatable bonds is 6. The van der Waals surface area contributed by atoms with Gasteiger partial charge in [-0.15, -0.1) is 34.8 Å². The average Bonchev–Trinajstić information content (AvgIpc) is 1.80. The Labute approximate surface area is 119 Å². The molecular weight excluding hydrogens is 430 g/mol. The summed E-state index contributed by atoms with van der Waals surface area (Å²) in [5.41, 5.74) is 0. The highest BCUT2D eigenvalue weighted by Crippen LogP contribution is 2.26. The molecule has 0 aromatic rings. The average molecular weight is 440 g/mol. The van der Waals surface area contributed by atoms with E-state index in [0.717, 1.165) is 19.3 Å². The normalized spacial score (nSPS) is 18.7. The van der Waals surface area contributed by atoms with Gasteiger partial charge in [-0.2, -0.15) is 0 Å². The molecule has 0 aliphatic rings. The SMILES string of the molecule is ClC(Br)CC(Cl)CC(Cl)CC(Br)Br. The number of hydrogen-bond acceptors (Lipinski definition) is 0. The first-order valence-corrected chi connectivity index (χ1v) is 7.82. The van der Waals surface area contributed by atoms with E-state index >= 15 is 0 Å². The smallest absolute Gasteiger partial charge is 0.0900 e. The Morgan fingerprint density at radius 2 is 1.23 bits per heavy atom. The second-order valence-electron chi connectivity index (χ2n) is 2.68. The molecular formula is C7H10Br3Cl3. The van der Waals surface area contributed by atoms with E-state index in [2.05, 4.69) is 47.8 Å². The summed E-state index contributed by atoms with van der Waals surface area (Å²) < 4.78 is 0.185. The third-order valence-corrected chi connectivity index (χ3v) is 3.39. The zero-order valence-corrected chi connectivity index (χ0v) is 13.7. The first-order chi connectivity index (χ1) is 5.91. The number of hydrogen-bond donors (Lipinski definition) is 0. The fraction of sp³-hybridized carbons (Fsp3) is 1.00. The van der Waals surface area contributed by atoms with Crippen molar-refractivity contribution in [2.45, 2.75) is 38.0 Å². The highest BCUT2D eigenvalue weighted by atomic mass is 79.9. The van der Waals surface area contributed by atoms with Crippen LogP contribution >= 0.6 is 82.6 Å². The van der Waals surface area contributed by atoms with E-state index in [1.54, 1.807) is 0 Å². The zero-order chi connectivity index (χ0) is 10.4. The molecule has 0 saturated carbocycles. The molecule has 0 heterocycles. The van der Waals surface area contributed by atoms with Gasteiger partial charge in [0.25, 0.3) is 0 Å². The van der Waals surface area contributed by atoms with Crippen LogP contribution in [0.1, 0.15) is 19.3 Å². The molecule has 3 unspecified atom stereocenters. The molecule has 0 N–H and O–H groups in total. The Morgan fingerprint density at radius 3 is 1.62 bits per heavy atom. The molecule has 6 heteroatoms. The summed E-state index contributed by atoms with van der Waals surface area (Å²) in [7, 11) is 0. The standard InChI is InChI=1S/C7H10Br3Cl3/c8-6(9)2-4(11)1-5(12)3-7(10)13/h4-7H,1-3H2. The van der Waals surface area contributed by atoms with E-state index in [1.165, 1.54) is 0 Å². The Morgan fingerprint density at radius 1 is 0.769 bits per heavy atom. The molecule has 0 aliphatic carbocycles. The maximum Gasteiger partial charge on any atom is 0.0900 e. The third-order valence-electron chi connectivity index (χ3n) is 1.38. The topological polar surface area (TPSA) is 0 Å². The van der Waals surface area contributed by atoms with E-state index in [9.17, 15) is 0 Å². The van der Waals surface area contributed by atoms with Crippen LogP contribution in [0.2, 0.25) is 0 Å². The predicted octanol–water partition coefficient (Wildman–Crippen LogP) is 5.45. The molecule has 3 atom stereocenters. The molecule has 0 fully saturated rings. The maximum absolute atomic E-state index is 6.05. The monoisotopic (exact) mass is 436 g/mol. The molecule has 0 aromatic heterocycles. The highest BCUT2D eigenvalue weighted by Gasteiger charge is 2.16. The van der Waals surface area contributed by atoms with E-state index < -0.39 is 0 Å². The summed E-state index contributed by atoms with van der Waals surface area (Å²) >= 11 is 27.8.